The first-order valence-corrected chi connectivity index (χ1v) is 11.7. The second-order valence-corrected chi connectivity index (χ2v) is 8.58. The van der Waals surface area contributed by atoms with Gasteiger partial charge in [-0.25, -0.2) is 4.98 Å². The Morgan fingerprint density at radius 1 is 1.00 bits per heavy atom. The zero-order chi connectivity index (χ0) is 23.7. The monoisotopic (exact) mass is 456 g/mol. The van der Waals surface area contributed by atoms with Crippen molar-refractivity contribution in [3.05, 3.63) is 66.7 Å². The summed E-state index contributed by atoms with van der Waals surface area (Å²) in [6, 6.07) is 14.2. The Morgan fingerprint density at radius 3 is 2.50 bits per heavy atom. The third-order valence-electron chi connectivity index (χ3n) is 6.67. The number of para-hydroxylation sites is 1. The number of aryl methyl sites for hydroxylation is 1. The lowest BCUT2D eigenvalue weighted by atomic mass is 10.1. The fraction of sp³-hybridized carbons (Fsp3) is 0.308. The second kappa shape index (κ2) is 9.23. The third kappa shape index (κ3) is 4.01. The normalized spacial score (nSPS) is 15.5. The molecule has 2 amide bonds. The fourth-order valence-corrected chi connectivity index (χ4v) is 4.77. The number of aromatic nitrogens is 3. The van der Waals surface area contributed by atoms with Crippen LogP contribution in [0.15, 0.2) is 61.1 Å². The highest BCUT2D eigenvalue weighted by molar-refractivity contribution is 6.10. The lowest BCUT2D eigenvalue weighted by Gasteiger charge is -2.37. The molecule has 2 aromatic heterocycles. The molecule has 4 aromatic rings. The number of piperazine rings is 1. The SMILES string of the molecule is CCn1c2ccccc2c2cc(NC(=O)C(C)N3CCN(C(=O)c4cnccn4)CC3)ccc21. The van der Waals surface area contributed by atoms with Crippen molar-refractivity contribution in [2.45, 2.75) is 26.4 Å². The number of nitrogens with one attached hydrogen (secondary N) is 1. The maximum absolute atomic E-state index is 13.1. The molecule has 1 unspecified atom stereocenters. The summed E-state index contributed by atoms with van der Waals surface area (Å²) in [7, 11) is 0. The highest BCUT2D eigenvalue weighted by Crippen LogP contribution is 2.31. The van der Waals surface area contributed by atoms with Crippen molar-refractivity contribution in [2.24, 2.45) is 0 Å². The average molecular weight is 457 g/mol. The summed E-state index contributed by atoms with van der Waals surface area (Å²) in [5.41, 5.74) is 3.51. The Hall–Kier alpha value is -3.78. The molecule has 0 radical (unpaired) electrons. The van der Waals surface area contributed by atoms with Gasteiger partial charge >= 0.3 is 0 Å². The quantitative estimate of drug-likeness (QED) is 0.498. The predicted molar refractivity (Wildman–Crippen MR) is 133 cm³/mol. The van der Waals surface area contributed by atoms with Crippen LogP contribution in [0.25, 0.3) is 21.8 Å². The molecule has 1 aliphatic heterocycles. The number of nitrogens with zero attached hydrogens (tertiary/aromatic N) is 5. The van der Waals surface area contributed by atoms with Gasteiger partial charge in [-0.15, -0.1) is 0 Å². The molecular formula is C26H28N6O2. The molecule has 3 heterocycles. The maximum Gasteiger partial charge on any atom is 0.274 e. The molecule has 1 atom stereocenters. The van der Waals surface area contributed by atoms with Crippen molar-refractivity contribution >= 4 is 39.3 Å². The topological polar surface area (TPSA) is 83.4 Å². The summed E-state index contributed by atoms with van der Waals surface area (Å²) < 4.78 is 2.29. The summed E-state index contributed by atoms with van der Waals surface area (Å²) in [6.07, 6.45) is 4.56. The molecule has 5 rings (SSSR count). The molecule has 0 bridgehead atoms. The fourth-order valence-electron chi connectivity index (χ4n) is 4.77. The highest BCUT2D eigenvalue weighted by Gasteiger charge is 2.28. The van der Waals surface area contributed by atoms with E-state index in [0.29, 0.717) is 31.9 Å². The van der Waals surface area contributed by atoms with Crippen LogP contribution in [0, 0.1) is 0 Å². The lowest BCUT2D eigenvalue weighted by Crippen LogP contribution is -2.54. The molecule has 34 heavy (non-hydrogen) atoms. The van der Waals surface area contributed by atoms with Gasteiger partial charge in [0.15, 0.2) is 0 Å². The summed E-state index contributed by atoms with van der Waals surface area (Å²) in [6.45, 7) is 7.30. The van der Waals surface area contributed by atoms with E-state index in [1.807, 2.05) is 19.1 Å². The van der Waals surface area contributed by atoms with Crippen molar-refractivity contribution in [3.63, 3.8) is 0 Å². The molecule has 0 saturated carbocycles. The summed E-state index contributed by atoms with van der Waals surface area (Å²) in [5.74, 6) is -0.170. The number of rotatable bonds is 5. The number of amides is 2. The van der Waals surface area contributed by atoms with Gasteiger partial charge in [0, 0.05) is 72.6 Å². The van der Waals surface area contributed by atoms with Gasteiger partial charge in [0.25, 0.3) is 5.91 Å². The van der Waals surface area contributed by atoms with Gasteiger partial charge in [0.2, 0.25) is 5.91 Å². The number of hydrogen-bond acceptors (Lipinski definition) is 5. The minimum atomic E-state index is -0.304. The molecule has 8 nitrogen and oxygen atoms in total. The number of anilines is 1. The minimum Gasteiger partial charge on any atom is -0.341 e. The number of hydrogen-bond donors (Lipinski definition) is 1. The first kappa shape index (κ1) is 22.0. The van der Waals surface area contributed by atoms with Gasteiger partial charge in [-0.3, -0.25) is 19.5 Å². The van der Waals surface area contributed by atoms with Crippen LogP contribution < -0.4 is 5.32 Å². The standard InChI is InChI=1S/C26H28N6O2/c1-3-32-23-7-5-4-6-20(23)21-16-19(8-9-24(21)32)29-25(33)18(2)30-12-14-31(15-13-30)26(34)22-17-27-10-11-28-22/h4-11,16-18H,3,12-15H2,1-2H3,(H,29,33). The summed E-state index contributed by atoms with van der Waals surface area (Å²) >= 11 is 0. The largest absolute Gasteiger partial charge is 0.341 e. The molecular weight excluding hydrogens is 428 g/mol. The van der Waals surface area contributed by atoms with Gasteiger partial charge in [-0.1, -0.05) is 18.2 Å². The van der Waals surface area contributed by atoms with Crippen LogP contribution in [0.5, 0.6) is 0 Å². The van der Waals surface area contributed by atoms with E-state index in [2.05, 4.69) is 62.0 Å². The minimum absolute atomic E-state index is 0.0488. The van der Waals surface area contributed by atoms with Gasteiger partial charge in [-0.2, -0.15) is 0 Å². The van der Waals surface area contributed by atoms with Crippen LogP contribution in [0.4, 0.5) is 5.69 Å². The first-order chi connectivity index (χ1) is 16.6. The van der Waals surface area contributed by atoms with Crippen LogP contribution in [0.2, 0.25) is 0 Å². The summed E-state index contributed by atoms with van der Waals surface area (Å²) in [5, 5.41) is 5.42. The zero-order valence-electron chi connectivity index (χ0n) is 19.4. The van der Waals surface area contributed by atoms with Crippen LogP contribution in [-0.2, 0) is 11.3 Å². The van der Waals surface area contributed by atoms with E-state index in [9.17, 15) is 9.59 Å². The van der Waals surface area contributed by atoms with Crippen LogP contribution in [0.3, 0.4) is 0 Å². The Bertz CT molecular complexity index is 1340. The Morgan fingerprint density at radius 2 is 1.76 bits per heavy atom. The van der Waals surface area contributed by atoms with E-state index >= 15 is 0 Å². The van der Waals surface area contributed by atoms with Crippen molar-refractivity contribution < 1.29 is 9.59 Å². The average Bonchev–Trinajstić information content (AvgIpc) is 3.21. The molecule has 8 heteroatoms. The van der Waals surface area contributed by atoms with Gasteiger partial charge < -0.3 is 14.8 Å². The van der Waals surface area contributed by atoms with E-state index in [1.54, 1.807) is 11.1 Å². The predicted octanol–water partition coefficient (Wildman–Crippen LogP) is 3.39. The Labute approximate surface area is 198 Å². The molecule has 1 N–H and O–H groups in total. The first-order valence-electron chi connectivity index (χ1n) is 11.7. The third-order valence-corrected chi connectivity index (χ3v) is 6.67. The van der Waals surface area contributed by atoms with Crippen LogP contribution in [0.1, 0.15) is 24.3 Å². The lowest BCUT2D eigenvalue weighted by molar-refractivity contribution is -0.121. The van der Waals surface area contributed by atoms with Crippen molar-refractivity contribution in [1.29, 1.82) is 0 Å². The Kier molecular flexibility index (Phi) is 5.98. The molecule has 1 saturated heterocycles. The van der Waals surface area contributed by atoms with Crippen LogP contribution in [-0.4, -0.2) is 68.4 Å². The molecule has 174 valence electrons. The number of benzene rings is 2. The van der Waals surface area contributed by atoms with E-state index < -0.39 is 0 Å². The van der Waals surface area contributed by atoms with Crippen molar-refractivity contribution in [3.8, 4) is 0 Å². The van der Waals surface area contributed by atoms with Crippen LogP contribution >= 0.6 is 0 Å². The van der Waals surface area contributed by atoms with Gasteiger partial charge in [-0.05, 0) is 38.1 Å². The Balaban J connectivity index is 1.26. The van der Waals surface area contributed by atoms with E-state index in [1.165, 1.54) is 28.8 Å². The van der Waals surface area contributed by atoms with Crippen molar-refractivity contribution in [2.75, 3.05) is 31.5 Å². The second-order valence-electron chi connectivity index (χ2n) is 8.58. The number of fused-ring (bicyclic) bond motifs is 3. The molecule has 0 aliphatic carbocycles. The number of carbonyl (C=O) groups is 2. The van der Waals surface area contributed by atoms with Gasteiger partial charge in [0.1, 0.15) is 5.69 Å². The van der Waals surface area contributed by atoms with E-state index in [4.69, 9.17) is 0 Å². The van der Waals surface area contributed by atoms with Crippen molar-refractivity contribution in [1.82, 2.24) is 24.3 Å². The van der Waals surface area contributed by atoms with Gasteiger partial charge in [0.05, 0.1) is 12.2 Å². The molecule has 1 fully saturated rings. The van der Waals surface area contributed by atoms with E-state index in [-0.39, 0.29) is 17.9 Å². The molecule has 1 aliphatic rings. The number of carbonyl (C=O) groups excluding carboxylic acids is 2. The summed E-state index contributed by atoms with van der Waals surface area (Å²) in [4.78, 5) is 37.6. The highest BCUT2D eigenvalue weighted by atomic mass is 16.2. The van der Waals surface area contributed by atoms with E-state index in [0.717, 1.165) is 17.6 Å². The maximum atomic E-state index is 13.1. The molecule has 0 spiro atoms. The zero-order valence-corrected chi connectivity index (χ0v) is 19.4. The smallest absolute Gasteiger partial charge is 0.274 e. The molecule has 2 aromatic carbocycles.